The summed E-state index contributed by atoms with van der Waals surface area (Å²) in [6.45, 7) is 0.663. The van der Waals surface area contributed by atoms with Gasteiger partial charge in [-0.2, -0.15) is 9.98 Å². The van der Waals surface area contributed by atoms with Gasteiger partial charge in [0.15, 0.2) is 28.9 Å². The average molecular weight is 491 g/mol. The Hall–Kier alpha value is -3.57. The van der Waals surface area contributed by atoms with Crippen LogP contribution in [0.4, 0.5) is 5.95 Å². The summed E-state index contributed by atoms with van der Waals surface area (Å²) in [5.74, 6) is -0.0427. The molecule has 0 spiro atoms. The third-order valence-corrected chi connectivity index (χ3v) is 6.27. The Morgan fingerprint density at radius 3 is 2.71 bits per heavy atom. The number of rotatable bonds is 7. The fourth-order valence-corrected chi connectivity index (χ4v) is 4.62. The zero-order valence-corrected chi connectivity index (χ0v) is 18.6. The van der Waals surface area contributed by atoms with Crippen molar-refractivity contribution in [2.45, 2.75) is 43.9 Å². The van der Waals surface area contributed by atoms with Crippen molar-refractivity contribution in [3.05, 3.63) is 28.2 Å². The lowest BCUT2D eigenvalue weighted by atomic mass is 10.1. The molecule has 1 fully saturated rings. The van der Waals surface area contributed by atoms with Gasteiger partial charge in [-0.1, -0.05) is 0 Å². The molecule has 1 saturated heterocycles. The highest BCUT2D eigenvalue weighted by Crippen LogP contribution is 2.33. The standard InChI is InChI=1S/C19H26N10O6/c20-18-23-13-9(15(33)25-18)27(6-22-13)3-1-2-4-28-7-29(14-10(28)16(34)26-19(21)24-14)17-12(32)11(31)8(5-30)35-17/h6,8,11-12,17,30-32H,1-5,7H2,(H3,20,23,25,33)(H3,21,24,26,34)/p+1/t8-,11-,12-,17-/m1/s1. The highest BCUT2D eigenvalue weighted by molar-refractivity contribution is 5.95. The predicted molar refractivity (Wildman–Crippen MR) is 119 cm³/mol. The summed E-state index contributed by atoms with van der Waals surface area (Å²) >= 11 is 0. The third-order valence-electron chi connectivity index (χ3n) is 6.27. The van der Waals surface area contributed by atoms with E-state index in [9.17, 15) is 24.9 Å². The second-order valence-corrected chi connectivity index (χ2v) is 8.59. The molecule has 0 saturated carbocycles. The van der Waals surface area contributed by atoms with Crippen molar-refractivity contribution in [1.29, 1.82) is 0 Å². The van der Waals surface area contributed by atoms with Crippen LogP contribution in [-0.2, 0) is 16.1 Å². The number of nitrogens with one attached hydrogen (secondary N) is 1. The summed E-state index contributed by atoms with van der Waals surface area (Å²) in [7, 11) is 0. The van der Waals surface area contributed by atoms with Crippen molar-refractivity contribution >= 4 is 29.0 Å². The topological polar surface area (TPSA) is 238 Å². The number of aromatic amines is 1. The number of ether oxygens (including phenoxy) is 1. The first kappa shape index (κ1) is 23.2. The number of amides is 1. The highest BCUT2D eigenvalue weighted by Gasteiger charge is 2.50. The number of anilines is 1. The number of nitrogens with two attached hydrogens (primary N) is 3. The number of hydrogen-bond donors (Lipinski definition) is 7. The Labute approximate surface area is 197 Å². The molecule has 3 aliphatic heterocycles. The minimum Gasteiger partial charge on any atom is -0.394 e. The number of carbonyl (C=O) groups is 1. The molecule has 188 valence electrons. The van der Waals surface area contributed by atoms with Gasteiger partial charge in [0, 0.05) is 13.1 Å². The summed E-state index contributed by atoms with van der Waals surface area (Å²) in [5, 5.41) is 31.3. The normalized spacial score (nSPS) is 26.7. The number of unbranched alkanes of at least 4 members (excludes halogenated alkanes) is 1. The Bertz CT molecular complexity index is 1270. The Kier molecular flexibility index (Phi) is 5.89. The Morgan fingerprint density at radius 2 is 1.97 bits per heavy atom. The van der Waals surface area contributed by atoms with Crippen LogP contribution in [0, 0.1) is 0 Å². The first-order valence-electron chi connectivity index (χ1n) is 11.1. The molecule has 3 aliphatic rings. The van der Waals surface area contributed by atoms with Crippen molar-refractivity contribution < 1.29 is 30.2 Å². The van der Waals surface area contributed by atoms with E-state index in [-0.39, 0.29) is 41.5 Å². The van der Waals surface area contributed by atoms with Gasteiger partial charge in [-0.3, -0.25) is 9.78 Å². The number of aliphatic hydroxyl groups excluding tert-OH is 3. The maximum Gasteiger partial charge on any atom is 0.370 e. The Balaban J connectivity index is 1.29. The number of primary amides is 1. The number of nitrogens with zero attached hydrogens (tertiary/aromatic N) is 6. The van der Waals surface area contributed by atoms with Crippen LogP contribution in [0.25, 0.3) is 11.2 Å². The summed E-state index contributed by atoms with van der Waals surface area (Å²) in [4.78, 5) is 43.2. The smallest absolute Gasteiger partial charge is 0.370 e. The number of quaternary nitrogens is 1. The van der Waals surface area contributed by atoms with Gasteiger partial charge in [0.2, 0.25) is 5.95 Å². The van der Waals surface area contributed by atoms with Gasteiger partial charge in [0.1, 0.15) is 18.3 Å². The van der Waals surface area contributed by atoms with Crippen LogP contribution in [-0.4, -0.2) is 101 Å². The quantitative estimate of drug-likeness (QED) is 0.180. The molecular formula is C19H27N10O6+. The fraction of sp³-hybridized carbons (Fsp3) is 0.526. The molecule has 0 unspecified atom stereocenters. The van der Waals surface area contributed by atoms with Crippen LogP contribution in [0.3, 0.4) is 0 Å². The number of aliphatic imine (C=N–C) groups is 1. The molecule has 16 nitrogen and oxygen atoms in total. The molecule has 0 aromatic carbocycles. The number of guanidine groups is 1. The van der Waals surface area contributed by atoms with Gasteiger partial charge in [0.25, 0.3) is 5.56 Å². The first-order valence-corrected chi connectivity index (χ1v) is 11.1. The van der Waals surface area contributed by atoms with Gasteiger partial charge in [-0.05, 0) is 12.8 Å². The zero-order valence-electron chi connectivity index (χ0n) is 18.6. The van der Waals surface area contributed by atoms with E-state index in [4.69, 9.17) is 16.2 Å². The molecule has 5 heterocycles. The van der Waals surface area contributed by atoms with Crippen LogP contribution in [0.15, 0.2) is 27.6 Å². The maximum atomic E-state index is 12.8. The number of aliphatic hydroxyl groups is 3. The minimum atomic E-state index is -1.31. The van der Waals surface area contributed by atoms with Crippen LogP contribution in [0.2, 0.25) is 0 Å². The SMILES string of the molecule is NC1=NC2=C(C(=O)[NH2+]1)N(CCCCn1cnc3nc(N)[nH]c(=O)c31)CN2[C@@H]1O[C@H](CO)[C@@H](O)[C@H]1O. The number of H-pyrrole nitrogens is 1. The molecule has 0 aliphatic carbocycles. The molecule has 0 bridgehead atoms. The second kappa shape index (κ2) is 8.90. The summed E-state index contributed by atoms with van der Waals surface area (Å²) in [6.07, 6.45) is -1.73. The minimum absolute atomic E-state index is 0.00172. The van der Waals surface area contributed by atoms with Gasteiger partial charge in [0.05, 0.1) is 19.6 Å². The molecule has 4 atom stereocenters. The van der Waals surface area contributed by atoms with Crippen LogP contribution >= 0.6 is 0 Å². The van der Waals surface area contributed by atoms with E-state index in [2.05, 4.69) is 19.9 Å². The van der Waals surface area contributed by atoms with Crippen molar-refractivity contribution in [2.75, 3.05) is 25.6 Å². The number of fused-ring (bicyclic) bond motifs is 1. The van der Waals surface area contributed by atoms with Crippen molar-refractivity contribution in [1.82, 2.24) is 29.3 Å². The third kappa shape index (κ3) is 4.00. The number of aromatic nitrogens is 4. The summed E-state index contributed by atoms with van der Waals surface area (Å²) in [5.41, 5.74) is 11.9. The van der Waals surface area contributed by atoms with Crippen LogP contribution < -0.4 is 22.3 Å². The fourth-order valence-electron chi connectivity index (χ4n) is 4.62. The molecule has 10 N–H and O–H groups in total. The van der Waals surface area contributed by atoms with Gasteiger partial charge in [-0.15, -0.1) is 0 Å². The van der Waals surface area contributed by atoms with Crippen molar-refractivity contribution in [2.24, 2.45) is 10.7 Å². The molecule has 35 heavy (non-hydrogen) atoms. The lowest BCUT2D eigenvalue weighted by molar-refractivity contribution is -0.452. The first-order chi connectivity index (χ1) is 16.8. The predicted octanol–water partition coefficient (Wildman–Crippen LogP) is -4.92. The number of imidazole rings is 1. The number of hydrogen-bond acceptors (Lipinski definition) is 13. The van der Waals surface area contributed by atoms with Crippen LogP contribution in [0.1, 0.15) is 12.8 Å². The van der Waals surface area contributed by atoms with E-state index in [0.717, 1.165) is 0 Å². The van der Waals surface area contributed by atoms with Gasteiger partial charge >= 0.3 is 11.9 Å². The van der Waals surface area contributed by atoms with E-state index in [1.165, 1.54) is 11.6 Å². The molecule has 0 radical (unpaired) electrons. The van der Waals surface area contributed by atoms with E-state index >= 15 is 0 Å². The molecule has 2 aromatic rings. The van der Waals surface area contributed by atoms with Crippen molar-refractivity contribution in [3.8, 4) is 0 Å². The van der Waals surface area contributed by atoms with E-state index in [1.54, 1.807) is 14.4 Å². The van der Waals surface area contributed by atoms with E-state index in [0.29, 0.717) is 37.1 Å². The monoisotopic (exact) mass is 491 g/mol. The molecule has 1 amide bonds. The van der Waals surface area contributed by atoms with Gasteiger partial charge in [-0.25, -0.2) is 15.1 Å². The number of aryl methyl sites for hydroxylation is 1. The highest BCUT2D eigenvalue weighted by atomic mass is 16.6. The Morgan fingerprint density at radius 1 is 1.20 bits per heavy atom. The number of carbonyl (C=O) groups excluding carboxylic acids is 1. The lowest BCUT2D eigenvalue weighted by Gasteiger charge is -2.29. The molecule has 2 aromatic heterocycles. The summed E-state index contributed by atoms with van der Waals surface area (Å²) < 4.78 is 7.35. The largest absolute Gasteiger partial charge is 0.394 e. The maximum absolute atomic E-state index is 12.8. The van der Waals surface area contributed by atoms with Crippen molar-refractivity contribution in [3.63, 3.8) is 0 Å². The summed E-state index contributed by atoms with van der Waals surface area (Å²) in [6, 6.07) is 0. The van der Waals surface area contributed by atoms with Gasteiger partial charge < -0.3 is 45.9 Å². The second-order valence-electron chi connectivity index (χ2n) is 8.59. The van der Waals surface area contributed by atoms with E-state index in [1.807, 2.05) is 0 Å². The lowest BCUT2D eigenvalue weighted by Crippen LogP contribution is -2.95. The zero-order chi connectivity index (χ0) is 24.9. The van der Waals surface area contributed by atoms with Crippen LogP contribution in [0.5, 0.6) is 0 Å². The molecular weight excluding hydrogens is 464 g/mol. The molecule has 5 rings (SSSR count). The average Bonchev–Trinajstić information content (AvgIpc) is 3.46. The molecule has 16 heteroatoms. The van der Waals surface area contributed by atoms with E-state index < -0.39 is 31.1 Å². The number of nitrogen functional groups attached to an aromatic ring is 1.